The van der Waals surface area contributed by atoms with Gasteiger partial charge in [-0.15, -0.1) is 0 Å². The van der Waals surface area contributed by atoms with Crippen molar-refractivity contribution >= 4 is 39.5 Å². The van der Waals surface area contributed by atoms with Crippen molar-refractivity contribution in [2.24, 2.45) is 5.92 Å². The van der Waals surface area contributed by atoms with Crippen molar-refractivity contribution in [3.8, 4) is 0 Å². The van der Waals surface area contributed by atoms with Crippen LogP contribution in [0.3, 0.4) is 0 Å². The molecule has 0 aliphatic heterocycles. The van der Waals surface area contributed by atoms with Gasteiger partial charge >= 0.3 is 39.5 Å². The molecule has 0 radical (unpaired) electrons. The second-order valence-electron chi connectivity index (χ2n) is 24.5. The highest BCUT2D eigenvalue weighted by atomic mass is 31.2. The Bertz CT molecular complexity index is 1670. The highest BCUT2D eigenvalue weighted by Crippen LogP contribution is 2.45. The Labute approximate surface area is 524 Å². The lowest BCUT2D eigenvalue weighted by atomic mass is 9.99. The van der Waals surface area contributed by atoms with Gasteiger partial charge in [-0.3, -0.25) is 37.3 Å². The number of ether oxygens (including phenoxy) is 4. The molecule has 6 atom stereocenters. The first-order chi connectivity index (χ1) is 41.6. The van der Waals surface area contributed by atoms with Crippen LogP contribution in [-0.4, -0.2) is 96.7 Å². The fraction of sp³-hybridized carbons (Fsp3) is 0.940. The van der Waals surface area contributed by atoms with Gasteiger partial charge in [-0.05, 0) is 31.6 Å². The van der Waals surface area contributed by atoms with Gasteiger partial charge in [0.2, 0.25) is 0 Å². The Morgan fingerprint density at radius 3 is 0.826 bits per heavy atom. The van der Waals surface area contributed by atoms with Gasteiger partial charge in [0.15, 0.2) is 12.2 Å². The summed E-state index contributed by atoms with van der Waals surface area (Å²) in [5.74, 6) is -1.27. The smallest absolute Gasteiger partial charge is 0.462 e. The Morgan fingerprint density at radius 1 is 0.326 bits per heavy atom. The minimum absolute atomic E-state index is 0.105. The normalized spacial score (nSPS) is 14.5. The van der Waals surface area contributed by atoms with Crippen molar-refractivity contribution in [1.29, 1.82) is 0 Å². The first kappa shape index (κ1) is 84.1. The second-order valence-corrected chi connectivity index (χ2v) is 27.4. The summed E-state index contributed by atoms with van der Waals surface area (Å²) in [6.45, 7) is 7.20. The van der Waals surface area contributed by atoms with E-state index in [0.29, 0.717) is 25.7 Å². The molecular weight excluding hydrogens is 1140 g/mol. The molecule has 0 aliphatic carbocycles. The molecule has 0 rings (SSSR count). The molecule has 0 aromatic rings. The number of rotatable bonds is 67. The van der Waals surface area contributed by atoms with Crippen molar-refractivity contribution in [3.05, 3.63) is 0 Å². The summed E-state index contributed by atoms with van der Waals surface area (Å²) in [4.78, 5) is 72.0. The molecule has 17 nitrogen and oxygen atoms in total. The molecule has 0 fully saturated rings. The maximum absolute atomic E-state index is 13.0. The van der Waals surface area contributed by atoms with Crippen LogP contribution in [-0.2, 0) is 65.4 Å². The molecule has 0 amide bonds. The number of aliphatic hydroxyl groups excluding tert-OH is 1. The number of carbonyl (C=O) groups is 4. The van der Waals surface area contributed by atoms with E-state index >= 15 is 0 Å². The van der Waals surface area contributed by atoms with Crippen LogP contribution in [0.4, 0.5) is 0 Å². The van der Waals surface area contributed by atoms with Crippen molar-refractivity contribution in [2.75, 3.05) is 39.6 Å². The summed E-state index contributed by atoms with van der Waals surface area (Å²) in [5, 5.41) is 10.5. The van der Waals surface area contributed by atoms with Gasteiger partial charge in [-0.1, -0.05) is 291 Å². The average Bonchev–Trinajstić information content (AvgIpc) is 3.69. The maximum Gasteiger partial charge on any atom is 0.472 e. The summed E-state index contributed by atoms with van der Waals surface area (Å²) in [6, 6.07) is 0. The number of hydrogen-bond donors (Lipinski definition) is 3. The highest BCUT2D eigenvalue weighted by Gasteiger charge is 2.30. The van der Waals surface area contributed by atoms with Crippen LogP contribution in [0.15, 0.2) is 0 Å². The Morgan fingerprint density at radius 2 is 0.558 bits per heavy atom. The van der Waals surface area contributed by atoms with Crippen molar-refractivity contribution in [2.45, 2.75) is 361 Å². The van der Waals surface area contributed by atoms with Crippen LogP contribution in [0.25, 0.3) is 0 Å². The Kier molecular flexibility index (Phi) is 59.2. The standard InChI is InChI=1S/C67H130O17P2/c1-6-10-13-16-19-31-37-41-46-51-65(70)78-57-63(84-67(72)53-48-43-38-33-30-28-26-24-22-21-23-25-27-29-32-35-39-44-49-60(5)9-4)59-82-86(75,76)80-55-61(68)54-79-85(73,74)81-58-62(56-77-64(69)50-45-40-34-18-15-12-8-3)83-66(71)52-47-42-36-20-17-14-11-7-2/h60-63,68H,6-59H2,1-5H3,(H,73,74)(H,75,76)/t60?,61-,62+,63+/m0/s1. The van der Waals surface area contributed by atoms with Crippen molar-refractivity contribution in [3.63, 3.8) is 0 Å². The number of esters is 4. The molecule has 86 heavy (non-hydrogen) atoms. The number of phosphoric acid groups is 2. The Hall–Kier alpha value is -1.94. The lowest BCUT2D eigenvalue weighted by Gasteiger charge is -2.21. The number of hydrogen-bond acceptors (Lipinski definition) is 15. The topological polar surface area (TPSA) is 237 Å². The molecular formula is C67H130O17P2. The van der Waals surface area contributed by atoms with E-state index < -0.39 is 97.5 Å². The van der Waals surface area contributed by atoms with Crippen molar-refractivity contribution in [1.82, 2.24) is 0 Å². The SMILES string of the molecule is CCCCCCCCCCCC(=O)OC[C@H](COP(=O)(O)OC[C@@H](O)COP(=O)(O)OC[C@@H](COC(=O)CCCCCCCCC)OC(=O)CCCCCCCCCC)OC(=O)CCCCCCCCCCCCCCCCCCCCC(C)CC. The number of aliphatic hydroxyl groups is 1. The molecule has 0 aromatic carbocycles. The van der Waals surface area contributed by atoms with Crippen LogP contribution >= 0.6 is 15.6 Å². The molecule has 3 unspecified atom stereocenters. The van der Waals surface area contributed by atoms with E-state index in [4.69, 9.17) is 37.0 Å². The summed E-state index contributed by atoms with van der Waals surface area (Å²) >= 11 is 0. The number of carbonyl (C=O) groups excluding carboxylic acids is 4. The van der Waals surface area contributed by atoms with E-state index in [1.54, 1.807) is 0 Å². The van der Waals surface area contributed by atoms with Gasteiger partial charge < -0.3 is 33.8 Å². The lowest BCUT2D eigenvalue weighted by Crippen LogP contribution is -2.30. The summed E-state index contributed by atoms with van der Waals surface area (Å²) in [7, 11) is -9.88. The van der Waals surface area contributed by atoms with Gasteiger partial charge in [-0.2, -0.15) is 0 Å². The van der Waals surface area contributed by atoms with E-state index in [9.17, 15) is 43.2 Å². The first-order valence-electron chi connectivity index (χ1n) is 35.2. The predicted molar refractivity (Wildman–Crippen MR) is 345 cm³/mol. The third-order valence-corrected chi connectivity index (χ3v) is 17.8. The summed E-state index contributed by atoms with van der Waals surface area (Å²) < 4.78 is 67.9. The predicted octanol–water partition coefficient (Wildman–Crippen LogP) is 19.0. The summed E-state index contributed by atoms with van der Waals surface area (Å²) in [6.07, 6.45) is 46.1. The fourth-order valence-corrected chi connectivity index (χ4v) is 11.7. The fourth-order valence-electron chi connectivity index (χ4n) is 10.1. The van der Waals surface area contributed by atoms with Gasteiger partial charge in [0.25, 0.3) is 0 Å². The zero-order valence-corrected chi connectivity index (χ0v) is 57.2. The monoisotopic (exact) mass is 1270 g/mol. The van der Waals surface area contributed by atoms with E-state index in [0.717, 1.165) is 115 Å². The van der Waals surface area contributed by atoms with E-state index in [1.807, 2.05) is 0 Å². The third-order valence-electron chi connectivity index (χ3n) is 15.9. The molecule has 0 saturated heterocycles. The van der Waals surface area contributed by atoms with Gasteiger partial charge in [-0.25, -0.2) is 9.13 Å². The molecule has 0 aromatic heterocycles. The quantitative estimate of drug-likeness (QED) is 0.0222. The van der Waals surface area contributed by atoms with Gasteiger partial charge in [0, 0.05) is 25.7 Å². The van der Waals surface area contributed by atoms with Crippen LogP contribution in [0.2, 0.25) is 0 Å². The maximum atomic E-state index is 13.0. The van der Waals surface area contributed by atoms with Crippen molar-refractivity contribution < 1.29 is 80.2 Å². The van der Waals surface area contributed by atoms with Gasteiger partial charge in [0.05, 0.1) is 26.4 Å². The van der Waals surface area contributed by atoms with Gasteiger partial charge in [0.1, 0.15) is 19.3 Å². The molecule has 0 bridgehead atoms. The van der Waals surface area contributed by atoms with Crippen LogP contribution < -0.4 is 0 Å². The molecule has 0 aliphatic rings. The number of unbranched alkanes of at least 4 members (excludes halogenated alkanes) is 38. The summed E-state index contributed by atoms with van der Waals surface area (Å²) in [5.41, 5.74) is 0. The highest BCUT2D eigenvalue weighted by molar-refractivity contribution is 7.47. The molecule has 0 saturated carbocycles. The van der Waals surface area contributed by atoms with Crippen LogP contribution in [0.5, 0.6) is 0 Å². The lowest BCUT2D eigenvalue weighted by molar-refractivity contribution is -0.161. The zero-order valence-electron chi connectivity index (χ0n) is 55.4. The van der Waals surface area contributed by atoms with E-state index in [-0.39, 0.29) is 25.7 Å². The molecule has 0 heterocycles. The van der Waals surface area contributed by atoms with Crippen LogP contribution in [0.1, 0.15) is 343 Å². The molecule has 3 N–H and O–H groups in total. The van der Waals surface area contributed by atoms with E-state index in [2.05, 4.69) is 34.6 Å². The Balaban J connectivity index is 5.05. The number of phosphoric ester groups is 2. The molecule has 0 spiro atoms. The average molecular weight is 1270 g/mol. The van der Waals surface area contributed by atoms with Crippen LogP contribution in [0, 0.1) is 5.92 Å². The minimum atomic E-state index is -4.94. The minimum Gasteiger partial charge on any atom is -0.462 e. The largest absolute Gasteiger partial charge is 0.472 e. The van der Waals surface area contributed by atoms with E-state index in [1.165, 1.54) is 148 Å². The zero-order chi connectivity index (χ0) is 63.5. The first-order valence-corrected chi connectivity index (χ1v) is 38.2. The molecule has 19 heteroatoms. The second kappa shape index (κ2) is 60.6. The third kappa shape index (κ3) is 59.7. The molecule has 510 valence electrons.